The van der Waals surface area contributed by atoms with Gasteiger partial charge in [0, 0.05) is 30.8 Å². The van der Waals surface area contributed by atoms with Gasteiger partial charge >= 0.3 is 0 Å². The molecular formula is C22H23N5. The number of aryl methyl sites for hydroxylation is 1. The third-order valence-electron chi connectivity index (χ3n) is 4.66. The minimum atomic E-state index is 0.619. The van der Waals surface area contributed by atoms with Gasteiger partial charge in [0.1, 0.15) is 5.82 Å². The van der Waals surface area contributed by atoms with Crippen molar-refractivity contribution >= 4 is 11.0 Å². The fourth-order valence-electron chi connectivity index (χ4n) is 3.42. The van der Waals surface area contributed by atoms with E-state index in [0.29, 0.717) is 12.1 Å². The first-order chi connectivity index (χ1) is 13.1. The van der Waals surface area contributed by atoms with E-state index in [9.17, 15) is 0 Å². The number of aromatic amines is 1. The number of H-pyrrole nitrogens is 1. The van der Waals surface area contributed by atoms with Crippen molar-refractivity contribution in [3.05, 3.63) is 95.5 Å². The van der Waals surface area contributed by atoms with Gasteiger partial charge in [0.05, 0.1) is 23.1 Å². The second kappa shape index (κ2) is 7.11. The number of rotatable bonds is 6. The molecule has 27 heavy (non-hydrogen) atoms. The monoisotopic (exact) mass is 357 g/mol. The van der Waals surface area contributed by atoms with Crippen LogP contribution in [0.25, 0.3) is 11.0 Å². The van der Waals surface area contributed by atoms with Gasteiger partial charge in [-0.1, -0.05) is 43.0 Å². The van der Waals surface area contributed by atoms with E-state index in [-0.39, 0.29) is 0 Å². The lowest BCUT2D eigenvalue weighted by Crippen LogP contribution is -2.09. The third kappa shape index (κ3) is 3.77. The lowest BCUT2D eigenvalue weighted by molar-refractivity contribution is 0.746. The number of aromatic nitrogens is 4. The Labute approximate surface area is 158 Å². The second-order valence-corrected chi connectivity index (χ2v) is 6.94. The van der Waals surface area contributed by atoms with Crippen molar-refractivity contribution in [1.29, 1.82) is 0 Å². The maximum absolute atomic E-state index is 5.94. The zero-order chi connectivity index (χ0) is 18.8. The highest BCUT2D eigenvalue weighted by atomic mass is 15.1. The quantitative estimate of drug-likeness (QED) is 0.552. The van der Waals surface area contributed by atoms with E-state index in [1.165, 1.54) is 11.1 Å². The predicted octanol–water partition coefficient (Wildman–Crippen LogP) is 3.72. The summed E-state index contributed by atoms with van der Waals surface area (Å²) >= 11 is 0. The SMILES string of the molecule is C=C(N)Cc1c(Cc2ccccc2)ncn1Cc1ccc2nc(C)[nH]c2c1. The zero-order valence-corrected chi connectivity index (χ0v) is 15.4. The van der Waals surface area contributed by atoms with Gasteiger partial charge in [-0.2, -0.15) is 0 Å². The Bertz CT molecular complexity index is 1090. The first kappa shape index (κ1) is 17.1. The summed E-state index contributed by atoms with van der Waals surface area (Å²) in [5, 5.41) is 0. The Balaban J connectivity index is 1.65. The van der Waals surface area contributed by atoms with E-state index in [2.05, 4.69) is 68.6 Å². The molecule has 0 bridgehead atoms. The van der Waals surface area contributed by atoms with Gasteiger partial charge in [-0.05, 0) is 30.2 Å². The van der Waals surface area contributed by atoms with Gasteiger partial charge in [0.2, 0.25) is 0 Å². The van der Waals surface area contributed by atoms with Gasteiger partial charge in [0.15, 0.2) is 0 Å². The Morgan fingerprint density at radius 2 is 1.96 bits per heavy atom. The highest BCUT2D eigenvalue weighted by Gasteiger charge is 2.13. The van der Waals surface area contributed by atoms with E-state index >= 15 is 0 Å². The fraction of sp³-hybridized carbons (Fsp3) is 0.182. The topological polar surface area (TPSA) is 72.5 Å². The minimum absolute atomic E-state index is 0.619. The lowest BCUT2D eigenvalue weighted by atomic mass is 10.1. The first-order valence-electron chi connectivity index (χ1n) is 9.04. The molecule has 0 unspecified atom stereocenters. The molecule has 0 aliphatic heterocycles. The largest absolute Gasteiger partial charge is 0.402 e. The zero-order valence-electron chi connectivity index (χ0n) is 15.4. The van der Waals surface area contributed by atoms with E-state index in [4.69, 9.17) is 5.73 Å². The van der Waals surface area contributed by atoms with Crippen LogP contribution in [-0.4, -0.2) is 19.5 Å². The number of nitrogens with two attached hydrogens (primary N) is 1. The van der Waals surface area contributed by atoms with Crippen LogP contribution in [0.1, 0.15) is 28.3 Å². The van der Waals surface area contributed by atoms with Crippen LogP contribution in [0.5, 0.6) is 0 Å². The number of nitrogens with one attached hydrogen (secondary N) is 1. The summed E-state index contributed by atoms with van der Waals surface area (Å²) in [5.41, 5.74) is 13.2. The number of allylic oxidation sites excluding steroid dienone is 1. The van der Waals surface area contributed by atoms with Gasteiger partial charge in [-0.25, -0.2) is 9.97 Å². The predicted molar refractivity (Wildman–Crippen MR) is 108 cm³/mol. The highest BCUT2D eigenvalue weighted by Crippen LogP contribution is 2.19. The summed E-state index contributed by atoms with van der Waals surface area (Å²) in [6.07, 6.45) is 3.31. The summed E-state index contributed by atoms with van der Waals surface area (Å²) in [6, 6.07) is 16.7. The second-order valence-electron chi connectivity index (χ2n) is 6.94. The molecule has 0 aliphatic carbocycles. The number of benzene rings is 2. The number of imidazole rings is 2. The average molecular weight is 357 g/mol. The molecule has 3 N–H and O–H groups in total. The van der Waals surface area contributed by atoms with Crippen LogP contribution in [-0.2, 0) is 19.4 Å². The number of hydrogen-bond donors (Lipinski definition) is 2. The van der Waals surface area contributed by atoms with Crippen LogP contribution in [0.15, 0.2) is 67.1 Å². The van der Waals surface area contributed by atoms with Crippen molar-refractivity contribution < 1.29 is 0 Å². The van der Waals surface area contributed by atoms with E-state index in [1.54, 1.807) is 0 Å². The third-order valence-corrected chi connectivity index (χ3v) is 4.66. The highest BCUT2D eigenvalue weighted by molar-refractivity contribution is 5.75. The maximum atomic E-state index is 5.94. The molecule has 0 saturated heterocycles. The van der Waals surface area contributed by atoms with E-state index < -0.39 is 0 Å². The van der Waals surface area contributed by atoms with Crippen LogP contribution in [0.4, 0.5) is 0 Å². The van der Waals surface area contributed by atoms with Crippen molar-refractivity contribution in [2.75, 3.05) is 0 Å². The van der Waals surface area contributed by atoms with Crippen molar-refractivity contribution in [3.63, 3.8) is 0 Å². The molecule has 136 valence electrons. The van der Waals surface area contributed by atoms with Crippen LogP contribution >= 0.6 is 0 Å². The maximum Gasteiger partial charge on any atom is 0.104 e. The Hall–Kier alpha value is -3.34. The van der Waals surface area contributed by atoms with Crippen molar-refractivity contribution in [1.82, 2.24) is 19.5 Å². The van der Waals surface area contributed by atoms with Crippen molar-refractivity contribution in [2.45, 2.75) is 26.3 Å². The van der Waals surface area contributed by atoms with Crippen LogP contribution in [0.3, 0.4) is 0 Å². The first-order valence-corrected chi connectivity index (χ1v) is 9.04. The minimum Gasteiger partial charge on any atom is -0.402 e. The number of nitrogens with zero attached hydrogens (tertiary/aromatic N) is 3. The van der Waals surface area contributed by atoms with Crippen LogP contribution in [0.2, 0.25) is 0 Å². The van der Waals surface area contributed by atoms with Crippen molar-refractivity contribution in [3.8, 4) is 0 Å². The summed E-state index contributed by atoms with van der Waals surface area (Å²) in [4.78, 5) is 12.4. The van der Waals surface area contributed by atoms with E-state index in [0.717, 1.165) is 41.2 Å². The lowest BCUT2D eigenvalue weighted by Gasteiger charge is -2.11. The normalized spacial score (nSPS) is 11.1. The molecule has 5 nitrogen and oxygen atoms in total. The molecule has 2 aromatic heterocycles. The molecular weight excluding hydrogens is 334 g/mol. The molecule has 0 radical (unpaired) electrons. The van der Waals surface area contributed by atoms with Gasteiger partial charge < -0.3 is 15.3 Å². The van der Waals surface area contributed by atoms with Crippen LogP contribution < -0.4 is 5.73 Å². The van der Waals surface area contributed by atoms with Crippen molar-refractivity contribution in [2.24, 2.45) is 5.73 Å². The van der Waals surface area contributed by atoms with Gasteiger partial charge in [-0.15, -0.1) is 0 Å². The standard InChI is InChI=1S/C22H23N5/c1-15(23)10-22-21(11-17-6-4-3-5-7-17)24-14-27(22)13-18-8-9-19-20(12-18)26-16(2)25-19/h3-9,12,14H,1,10-11,13,23H2,2H3,(H,25,26). The molecule has 0 aliphatic rings. The molecule has 0 spiro atoms. The fourth-order valence-corrected chi connectivity index (χ4v) is 3.42. The summed E-state index contributed by atoms with van der Waals surface area (Å²) in [7, 11) is 0. The molecule has 0 atom stereocenters. The molecule has 5 heteroatoms. The Morgan fingerprint density at radius 3 is 2.74 bits per heavy atom. The van der Waals surface area contributed by atoms with Gasteiger partial charge in [-0.3, -0.25) is 0 Å². The molecule has 2 heterocycles. The summed E-state index contributed by atoms with van der Waals surface area (Å²) in [5.74, 6) is 0.926. The molecule has 2 aromatic carbocycles. The summed E-state index contributed by atoms with van der Waals surface area (Å²) < 4.78 is 2.17. The van der Waals surface area contributed by atoms with Gasteiger partial charge in [0.25, 0.3) is 0 Å². The number of hydrogen-bond acceptors (Lipinski definition) is 3. The molecule has 0 amide bonds. The van der Waals surface area contributed by atoms with E-state index in [1.807, 2.05) is 19.3 Å². The molecule has 4 rings (SSSR count). The molecule has 0 saturated carbocycles. The number of fused-ring (bicyclic) bond motifs is 1. The molecule has 4 aromatic rings. The van der Waals surface area contributed by atoms with Crippen LogP contribution in [0, 0.1) is 6.92 Å². The smallest absolute Gasteiger partial charge is 0.104 e. The Kier molecular flexibility index (Phi) is 4.50. The Morgan fingerprint density at radius 1 is 1.15 bits per heavy atom. The molecule has 0 fully saturated rings. The average Bonchev–Trinajstić information content (AvgIpc) is 3.18. The summed E-state index contributed by atoms with van der Waals surface area (Å²) in [6.45, 7) is 6.60.